The standard InChI is InChI=1S/C14H12O2.C10H12O2.C2H6O/c15-13(11-7-3-1-4-8-11)14(16)12-9-5-2-6-10-12;1-10(2,12)9(11)8-6-4-3-5-7-8;1-3-2/h1-10,13,15H;3-7,12H,1-2H3;1-2H3. The first-order valence-electron chi connectivity index (χ1n) is 9.77. The van der Waals surface area contributed by atoms with E-state index in [9.17, 15) is 19.8 Å². The van der Waals surface area contributed by atoms with Crippen LogP contribution in [0.2, 0.25) is 0 Å². The quantitative estimate of drug-likeness (QED) is 0.591. The molecule has 3 aromatic carbocycles. The molecule has 5 nitrogen and oxygen atoms in total. The van der Waals surface area contributed by atoms with Gasteiger partial charge in [-0.25, -0.2) is 0 Å². The van der Waals surface area contributed by atoms with Crippen molar-refractivity contribution in [3.05, 3.63) is 108 Å². The topological polar surface area (TPSA) is 83.8 Å². The van der Waals surface area contributed by atoms with Crippen molar-refractivity contribution >= 4 is 11.6 Å². The summed E-state index contributed by atoms with van der Waals surface area (Å²) in [6.45, 7) is 2.98. The van der Waals surface area contributed by atoms with Gasteiger partial charge < -0.3 is 14.9 Å². The van der Waals surface area contributed by atoms with E-state index in [4.69, 9.17) is 0 Å². The molecule has 0 saturated heterocycles. The second-order valence-electron chi connectivity index (χ2n) is 7.21. The van der Waals surface area contributed by atoms with Gasteiger partial charge in [0.05, 0.1) is 0 Å². The number of rotatable bonds is 5. The lowest BCUT2D eigenvalue weighted by Crippen LogP contribution is -2.30. The van der Waals surface area contributed by atoms with Crippen molar-refractivity contribution in [1.82, 2.24) is 0 Å². The Morgan fingerprint density at radius 1 is 0.742 bits per heavy atom. The van der Waals surface area contributed by atoms with Gasteiger partial charge in [0.1, 0.15) is 11.7 Å². The number of carbonyl (C=O) groups is 2. The fraction of sp³-hybridized carbons (Fsp3) is 0.231. The maximum atomic E-state index is 11.9. The van der Waals surface area contributed by atoms with E-state index in [2.05, 4.69) is 4.74 Å². The molecule has 31 heavy (non-hydrogen) atoms. The third-order valence-electron chi connectivity index (χ3n) is 4.01. The van der Waals surface area contributed by atoms with Crippen LogP contribution >= 0.6 is 0 Å². The van der Waals surface area contributed by atoms with Crippen molar-refractivity contribution in [3.8, 4) is 0 Å². The van der Waals surface area contributed by atoms with Gasteiger partial charge in [-0.05, 0) is 19.4 Å². The molecule has 5 heteroatoms. The largest absolute Gasteiger partial charge is 0.388 e. The number of benzene rings is 3. The Kier molecular flexibility index (Phi) is 11.1. The van der Waals surface area contributed by atoms with E-state index in [1.807, 2.05) is 18.2 Å². The first kappa shape index (κ1) is 25.9. The Morgan fingerprint density at radius 2 is 1.10 bits per heavy atom. The van der Waals surface area contributed by atoms with Crippen LogP contribution in [0.4, 0.5) is 0 Å². The van der Waals surface area contributed by atoms with E-state index in [1.54, 1.807) is 87.0 Å². The molecule has 0 amide bonds. The monoisotopic (exact) mass is 422 g/mol. The number of aliphatic hydroxyl groups excluding tert-OH is 1. The molecule has 0 spiro atoms. The van der Waals surface area contributed by atoms with Gasteiger partial charge in [0.25, 0.3) is 0 Å². The summed E-state index contributed by atoms with van der Waals surface area (Å²) in [5.74, 6) is -0.519. The first-order chi connectivity index (χ1) is 14.7. The van der Waals surface area contributed by atoms with E-state index >= 15 is 0 Å². The number of hydrogen-bond donors (Lipinski definition) is 2. The number of ether oxygens (including phenoxy) is 1. The zero-order valence-electron chi connectivity index (χ0n) is 18.4. The molecule has 1 unspecified atom stereocenters. The molecule has 0 radical (unpaired) electrons. The van der Waals surface area contributed by atoms with E-state index in [0.717, 1.165) is 0 Å². The van der Waals surface area contributed by atoms with Crippen LogP contribution in [0.25, 0.3) is 0 Å². The number of methoxy groups -OCH3 is 1. The lowest BCUT2D eigenvalue weighted by atomic mass is 9.97. The maximum Gasteiger partial charge on any atom is 0.195 e. The van der Waals surface area contributed by atoms with Crippen LogP contribution in [-0.4, -0.2) is 41.6 Å². The molecule has 0 aliphatic carbocycles. The Hall–Kier alpha value is -3.12. The predicted octanol–water partition coefficient (Wildman–Crippen LogP) is 4.51. The molecule has 2 N–H and O–H groups in total. The highest BCUT2D eigenvalue weighted by Crippen LogP contribution is 2.17. The fourth-order valence-corrected chi connectivity index (χ4v) is 2.49. The summed E-state index contributed by atoms with van der Waals surface area (Å²) < 4.78 is 4.25. The minimum atomic E-state index is -1.28. The summed E-state index contributed by atoms with van der Waals surface area (Å²) in [6, 6.07) is 26.5. The summed E-state index contributed by atoms with van der Waals surface area (Å²) in [5, 5.41) is 19.3. The predicted molar refractivity (Wildman–Crippen MR) is 122 cm³/mol. The number of ketones is 2. The molecule has 0 aromatic heterocycles. The molecule has 3 aromatic rings. The lowest BCUT2D eigenvalue weighted by molar-refractivity contribution is 0.0488. The van der Waals surface area contributed by atoms with Crippen molar-refractivity contribution in [1.29, 1.82) is 0 Å². The average molecular weight is 423 g/mol. The Morgan fingerprint density at radius 3 is 1.48 bits per heavy atom. The van der Waals surface area contributed by atoms with Crippen molar-refractivity contribution in [2.45, 2.75) is 25.6 Å². The van der Waals surface area contributed by atoms with Gasteiger partial charge in [-0.15, -0.1) is 0 Å². The van der Waals surface area contributed by atoms with Gasteiger partial charge in [0.15, 0.2) is 11.6 Å². The van der Waals surface area contributed by atoms with E-state index in [-0.39, 0.29) is 11.6 Å². The van der Waals surface area contributed by atoms with Crippen LogP contribution in [0.5, 0.6) is 0 Å². The molecular formula is C26H30O5. The lowest BCUT2D eigenvalue weighted by Gasteiger charge is -2.14. The summed E-state index contributed by atoms with van der Waals surface area (Å²) in [4.78, 5) is 23.3. The Bertz CT molecular complexity index is 901. The number of carbonyl (C=O) groups excluding carboxylic acids is 2. The molecule has 0 heterocycles. The third-order valence-corrected chi connectivity index (χ3v) is 4.01. The van der Waals surface area contributed by atoms with Gasteiger partial charge in [-0.3, -0.25) is 9.59 Å². The SMILES string of the molecule is CC(C)(O)C(=O)c1ccccc1.COC.O=C(c1ccccc1)C(O)c1ccccc1. The van der Waals surface area contributed by atoms with Crippen LogP contribution < -0.4 is 0 Å². The minimum absolute atomic E-state index is 0.247. The smallest absolute Gasteiger partial charge is 0.195 e. The zero-order chi connectivity index (χ0) is 23.3. The second-order valence-corrected chi connectivity index (χ2v) is 7.21. The highest BCUT2D eigenvalue weighted by molar-refractivity contribution is 6.01. The number of Topliss-reactive ketones (excluding diaryl/α,β-unsaturated/α-hetero) is 2. The van der Waals surface area contributed by atoms with Crippen LogP contribution in [-0.2, 0) is 4.74 Å². The second kappa shape index (κ2) is 13.2. The van der Waals surface area contributed by atoms with Crippen LogP contribution in [0.3, 0.4) is 0 Å². The van der Waals surface area contributed by atoms with Crippen LogP contribution in [0.1, 0.15) is 46.2 Å². The van der Waals surface area contributed by atoms with E-state index in [1.165, 1.54) is 13.8 Å². The fourth-order valence-electron chi connectivity index (χ4n) is 2.49. The summed E-state index contributed by atoms with van der Waals surface area (Å²) in [7, 11) is 3.25. The van der Waals surface area contributed by atoms with Crippen molar-refractivity contribution in [3.63, 3.8) is 0 Å². The van der Waals surface area contributed by atoms with Gasteiger partial charge in [0.2, 0.25) is 0 Å². The number of aliphatic hydroxyl groups is 2. The third kappa shape index (κ3) is 9.05. The highest BCUT2D eigenvalue weighted by atomic mass is 16.4. The Labute approximate surface area is 184 Å². The van der Waals surface area contributed by atoms with E-state index in [0.29, 0.717) is 16.7 Å². The van der Waals surface area contributed by atoms with E-state index < -0.39 is 11.7 Å². The summed E-state index contributed by atoms with van der Waals surface area (Å²) in [5.41, 5.74) is 0.418. The molecular weight excluding hydrogens is 392 g/mol. The zero-order valence-corrected chi connectivity index (χ0v) is 18.4. The van der Waals surface area contributed by atoms with Crippen LogP contribution in [0.15, 0.2) is 91.0 Å². The molecule has 0 saturated carbocycles. The molecule has 0 fully saturated rings. The van der Waals surface area contributed by atoms with Gasteiger partial charge in [0, 0.05) is 25.3 Å². The van der Waals surface area contributed by atoms with Crippen molar-refractivity contribution < 1.29 is 24.5 Å². The highest BCUT2D eigenvalue weighted by Gasteiger charge is 2.24. The molecule has 0 aliphatic rings. The first-order valence-corrected chi connectivity index (χ1v) is 9.77. The number of hydrogen-bond acceptors (Lipinski definition) is 5. The van der Waals surface area contributed by atoms with Crippen molar-refractivity contribution in [2.75, 3.05) is 14.2 Å². The van der Waals surface area contributed by atoms with Crippen molar-refractivity contribution in [2.24, 2.45) is 0 Å². The summed E-state index contributed by atoms with van der Waals surface area (Å²) in [6.07, 6.45) is -1.08. The van der Waals surface area contributed by atoms with Gasteiger partial charge in [-0.2, -0.15) is 0 Å². The van der Waals surface area contributed by atoms with Crippen LogP contribution in [0, 0.1) is 0 Å². The maximum absolute atomic E-state index is 11.9. The Balaban J connectivity index is 0.000000285. The molecule has 3 rings (SSSR count). The van der Waals surface area contributed by atoms with Gasteiger partial charge >= 0.3 is 0 Å². The molecule has 1 atom stereocenters. The average Bonchev–Trinajstić information content (AvgIpc) is 2.79. The molecule has 0 aliphatic heterocycles. The minimum Gasteiger partial charge on any atom is -0.388 e. The molecule has 0 bridgehead atoms. The normalized spacial score (nSPS) is 11.2. The summed E-state index contributed by atoms with van der Waals surface area (Å²) >= 11 is 0. The van der Waals surface area contributed by atoms with Gasteiger partial charge in [-0.1, -0.05) is 91.0 Å². The molecule has 164 valence electrons.